The van der Waals surface area contributed by atoms with Crippen LogP contribution >= 0.6 is 0 Å². The lowest BCUT2D eigenvalue weighted by Gasteiger charge is -1.94. The number of benzene rings is 1. The molecule has 0 saturated heterocycles. The van der Waals surface area contributed by atoms with Gasteiger partial charge in [-0.15, -0.1) is 0 Å². The summed E-state index contributed by atoms with van der Waals surface area (Å²) in [4.78, 5) is 0. The molecule has 0 saturated carbocycles. The van der Waals surface area contributed by atoms with Crippen LogP contribution in [0.25, 0.3) is 0 Å². The van der Waals surface area contributed by atoms with E-state index in [1.807, 2.05) is 0 Å². The van der Waals surface area contributed by atoms with Gasteiger partial charge in [-0.3, -0.25) is 0 Å². The molecule has 0 fully saturated rings. The molecule has 0 aliphatic carbocycles. The molecule has 7 heteroatoms. The maximum Gasteiger partial charge on any atom is 0.122 e. The van der Waals surface area contributed by atoms with Crippen molar-refractivity contribution in [1.82, 2.24) is 0 Å². The lowest BCUT2D eigenvalue weighted by Crippen LogP contribution is -1.80. The van der Waals surface area contributed by atoms with E-state index in [0.29, 0.717) is 0 Å². The average molecular weight is 186 g/mol. The molecule has 0 atom stereocenters. The van der Waals surface area contributed by atoms with E-state index in [-0.39, 0.29) is 17.2 Å². The molecule has 0 radical (unpaired) electrons. The molecule has 0 amide bonds. The standard InChI is InChI=1S/C6H6O3.H4N4/c7-4-1-5(8)3-6(9)2-4;1-3-4-2/h1-3,7-9H;(H2,1,4)(H2,2,3). The second-order valence-electron chi connectivity index (χ2n) is 1.94. The second kappa shape index (κ2) is 5.47. The zero-order chi connectivity index (χ0) is 10.3. The molecule has 0 heterocycles. The third-order valence-electron chi connectivity index (χ3n) is 0.954. The first-order valence-electron chi connectivity index (χ1n) is 3.12. The Morgan fingerprint density at radius 2 is 1.00 bits per heavy atom. The van der Waals surface area contributed by atoms with E-state index in [1.165, 1.54) is 0 Å². The fraction of sp³-hybridized carbons (Fsp3) is 0. The summed E-state index contributed by atoms with van der Waals surface area (Å²) in [7, 11) is 0. The van der Waals surface area contributed by atoms with Gasteiger partial charge in [0.15, 0.2) is 0 Å². The van der Waals surface area contributed by atoms with Crippen LogP contribution in [0.2, 0.25) is 0 Å². The zero-order valence-electron chi connectivity index (χ0n) is 6.62. The fourth-order valence-electron chi connectivity index (χ4n) is 0.580. The van der Waals surface area contributed by atoms with E-state index in [4.69, 9.17) is 15.3 Å². The van der Waals surface area contributed by atoms with E-state index < -0.39 is 0 Å². The van der Waals surface area contributed by atoms with Crippen LogP contribution in [-0.4, -0.2) is 15.3 Å². The quantitative estimate of drug-likeness (QED) is 0.220. The van der Waals surface area contributed by atoms with Gasteiger partial charge in [-0.1, -0.05) is 10.4 Å². The molecule has 0 spiro atoms. The number of hydrogen-bond donors (Lipinski definition) is 5. The van der Waals surface area contributed by atoms with Crippen molar-refractivity contribution in [3.05, 3.63) is 18.2 Å². The summed E-state index contributed by atoms with van der Waals surface area (Å²) in [5, 5.41) is 31.3. The van der Waals surface area contributed by atoms with E-state index in [1.54, 1.807) is 0 Å². The fourth-order valence-corrected chi connectivity index (χ4v) is 0.580. The van der Waals surface area contributed by atoms with Gasteiger partial charge in [-0.2, -0.15) is 0 Å². The molecule has 1 aromatic rings. The zero-order valence-corrected chi connectivity index (χ0v) is 6.62. The van der Waals surface area contributed by atoms with Gasteiger partial charge >= 0.3 is 0 Å². The lowest BCUT2D eigenvalue weighted by atomic mass is 10.3. The summed E-state index contributed by atoms with van der Waals surface area (Å²) in [6, 6.07) is 3.42. The molecule has 1 aromatic carbocycles. The maximum absolute atomic E-state index is 8.67. The van der Waals surface area contributed by atoms with Gasteiger partial charge in [0, 0.05) is 18.2 Å². The van der Waals surface area contributed by atoms with Crippen LogP contribution < -0.4 is 11.7 Å². The maximum atomic E-state index is 8.67. The van der Waals surface area contributed by atoms with Gasteiger partial charge in [0.05, 0.1) is 0 Å². The monoisotopic (exact) mass is 186 g/mol. The Labute approximate surface area is 73.9 Å². The van der Waals surface area contributed by atoms with Gasteiger partial charge in [-0.25, -0.2) is 0 Å². The molecule has 72 valence electrons. The minimum absolute atomic E-state index is 0.146. The number of hydrogen-bond acceptors (Lipinski definition) is 5. The molecule has 0 aliphatic rings. The summed E-state index contributed by atoms with van der Waals surface area (Å²) < 4.78 is 0. The molecule has 0 aromatic heterocycles. The van der Waals surface area contributed by atoms with Gasteiger partial charge in [0.1, 0.15) is 17.2 Å². The Balaban J connectivity index is 0.000000310. The van der Waals surface area contributed by atoms with E-state index >= 15 is 0 Å². The molecule has 0 bridgehead atoms. The van der Waals surface area contributed by atoms with E-state index in [0.717, 1.165) is 18.2 Å². The normalized spacial score (nSPS) is 9.23. The number of phenols is 3. The van der Waals surface area contributed by atoms with Crippen LogP contribution in [0.5, 0.6) is 17.2 Å². The average Bonchev–Trinajstić information content (AvgIpc) is 2.02. The van der Waals surface area contributed by atoms with Crippen LogP contribution in [0, 0.1) is 0 Å². The van der Waals surface area contributed by atoms with Crippen molar-refractivity contribution in [2.24, 2.45) is 22.1 Å². The lowest BCUT2D eigenvalue weighted by molar-refractivity contribution is 0.428. The van der Waals surface area contributed by atoms with E-state index in [9.17, 15) is 0 Å². The van der Waals surface area contributed by atoms with Crippen LogP contribution in [0.1, 0.15) is 0 Å². The van der Waals surface area contributed by atoms with Gasteiger partial charge in [-0.05, 0) is 0 Å². The predicted octanol–water partition coefficient (Wildman–Crippen LogP) is -0.0106. The molecule has 7 N–H and O–H groups in total. The number of rotatable bonds is 0. The molecule has 1 rings (SSSR count). The van der Waals surface area contributed by atoms with Crippen molar-refractivity contribution in [3.63, 3.8) is 0 Å². The first-order valence-corrected chi connectivity index (χ1v) is 3.12. The molecular weight excluding hydrogens is 176 g/mol. The Morgan fingerprint density at radius 3 is 1.15 bits per heavy atom. The van der Waals surface area contributed by atoms with Crippen LogP contribution in [0.3, 0.4) is 0 Å². The Bertz CT molecular complexity index is 235. The van der Waals surface area contributed by atoms with Crippen molar-refractivity contribution in [2.45, 2.75) is 0 Å². The minimum Gasteiger partial charge on any atom is -0.508 e. The van der Waals surface area contributed by atoms with Crippen molar-refractivity contribution < 1.29 is 15.3 Å². The summed E-state index contributed by atoms with van der Waals surface area (Å²) >= 11 is 0. The molecule has 0 unspecified atom stereocenters. The molecular formula is C6H10N4O3. The topological polar surface area (TPSA) is 137 Å². The highest BCUT2D eigenvalue weighted by molar-refractivity contribution is 5.39. The van der Waals surface area contributed by atoms with Crippen LogP contribution in [0.4, 0.5) is 0 Å². The highest BCUT2D eigenvalue weighted by atomic mass is 16.3. The smallest absolute Gasteiger partial charge is 0.122 e. The second-order valence-corrected chi connectivity index (χ2v) is 1.94. The largest absolute Gasteiger partial charge is 0.508 e. The SMILES string of the molecule is NN=NN.Oc1cc(O)cc(O)c1. The number of nitrogens with zero attached hydrogens (tertiary/aromatic N) is 2. The minimum atomic E-state index is -0.146. The molecule has 13 heavy (non-hydrogen) atoms. The van der Waals surface area contributed by atoms with Crippen molar-refractivity contribution in [2.75, 3.05) is 0 Å². The van der Waals surface area contributed by atoms with Gasteiger partial charge < -0.3 is 27.0 Å². The summed E-state index contributed by atoms with van der Waals surface area (Å²) in [6.07, 6.45) is 0. The Kier molecular flexibility index (Phi) is 4.55. The third-order valence-corrected chi connectivity index (χ3v) is 0.954. The van der Waals surface area contributed by atoms with Crippen molar-refractivity contribution >= 4 is 0 Å². The van der Waals surface area contributed by atoms with Crippen LogP contribution in [0.15, 0.2) is 28.6 Å². The number of phenolic OH excluding ortho intramolecular Hbond substituents is 3. The predicted molar refractivity (Wildman–Crippen MR) is 44.7 cm³/mol. The Morgan fingerprint density at radius 1 is 0.769 bits per heavy atom. The van der Waals surface area contributed by atoms with Crippen molar-refractivity contribution in [3.8, 4) is 17.2 Å². The number of nitrogens with two attached hydrogens (primary N) is 2. The van der Waals surface area contributed by atoms with Gasteiger partial charge in [0.25, 0.3) is 0 Å². The summed E-state index contributed by atoms with van der Waals surface area (Å²) in [6.45, 7) is 0. The Hall–Kier alpha value is -2.18. The summed E-state index contributed by atoms with van der Waals surface area (Å²) in [5.74, 6) is 8.28. The van der Waals surface area contributed by atoms with Crippen LogP contribution in [-0.2, 0) is 0 Å². The third kappa shape index (κ3) is 5.13. The van der Waals surface area contributed by atoms with E-state index in [2.05, 4.69) is 22.1 Å². The number of aromatic hydroxyl groups is 3. The highest BCUT2D eigenvalue weighted by Gasteiger charge is 1.94. The molecule has 7 nitrogen and oxygen atoms in total. The highest BCUT2D eigenvalue weighted by Crippen LogP contribution is 2.23. The van der Waals surface area contributed by atoms with Crippen molar-refractivity contribution in [1.29, 1.82) is 0 Å². The molecule has 0 aliphatic heterocycles. The van der Waals surface area contributed by atoms with Gasteiger partial charge in [0.2, 0.25) is 0 Å². The first kappa shape index (κ1) is 10.8. The summed E-state index contributed by atoms with van der Waals surface area (Å²) in [5.41, 5.74) is 0. The first-order chi connectivity index (χ1) is 6.10.